The summed E-state index contributed by atoms with van der Waals surface area (Å²) in [5.41, 5.74) is 1.61. The van der Waals surface area contributed by atoms with Crippen LogP contribution in [-0.4, -0.2) is 17.6 Å². The molecule has 1 heterocycles. The van der Waals surface area contributed by atoms with E-state index in [1.54, 1.807) is 11.3 Å². The summed E-state index contributed by atoms with van der Waals surface area (Å²) in [6.45, 7) is 12.3. The Morgan fingerprint density at radius 2 is 2.11 bits per heavy atom. The van der Waals surface area contributed by atoms with Crippen LogP contribution in [0.4, 0.5) is 0 Å². The van der Waals surface area contributed by atoms with E-state index in [1.165, 1.54) is 24.3 Å². The molecule has 1 atom stereocenters. The maximum absolute atomic E-state index is 4.57. The quantitative estimate of drug-likeness (QED) is 0.802. The van der Waals surface area contributed by atoms with E-state index < -0.39 is 0 Å². The van der Waals surface area contributed by atoms with Crippen molar-refractivity contribution in [3.05, 3.63) is 16.1 Å². The van der Waals surface area contributed by atoms with Crippen LogP contribution >= 0.6 is 11.3 Å². The van der Waals surface area contributed by atoms with Crippen LogP contribution in [0.5, 0.6) is 0 Å². The van der Waals surface area contributed by atoms with Gasteiger partial charge < -0.3 is 5.32 Å². The van der Waals surface area contributed by atoms with Crippen LogP contribution in [0.25, 0.3) is 0 Å². The number of aromatic nitrogens is 1. The van der Waals surface area contributed by atoms with Gasteiger partial charge in [-0.25, -0.2) is 4.98 Å². The standard InChI is InChI=1S/C15H28N2S/c1-6-16-13(8-7-9-15(3,4)5)10-14-17-12(2)11-18-14/h11,13,16H,6-10H2,1-5H3. The highest BCUT2D eigenvalue weighted by Gasteiger charge is 2.14. The molecule has 0 saturated carbocycles. The van der Waals surface area contributed by atoms with Gasteiger partial charge in [-0.05, 0) is 31.7 Å². The van der Waals surface area contributed by atoms with Crippen molar-refractivity contribution in [2.45, 2.75) is 66.3 Å². The Kier molecular flexibility index (Phi) is 6.30. The molecule has 0 aliphatic heterocycles. The number of rotatable bonds is 7. The third kappa shape index (κ3) is 6.50. The molecule has 1 aromatic heterocycles. The number of hydrogen-bond acceptors (Lipinski definition) is 3. The van der Waals surface area contributed by atoms with Crippen molar-refractivity contribution in [3.8, 4) is 0 Å². The predicted molar refractivity (Wildman–Crippen MR) is 81.3 cm³/mol. The summed E-state index contributed by atoms with van der Waals surface area (Å²) in [4.78, 5) is 4.57. The molecule has 1 unspecified atom stereocenters. The van der Waals surface area contributed by atoms with E-state index in [4.69, 9.17) is 0 Å². The molecule has 0 amide bonds. The molecule has 1 rings (SSSR count). The first kappa shape index (κ1) is 15.6. The third-order valence-corrected chi connectivity index (χ3v) is 4.05. The van der Waals surface area contributed by atoms with Gasteiger partial charge in [0.15, 0.2) is 0 Å². The van der Waals surface area contributed by atoms with Gasteiger partial charge in [-0.3, -0.25) is 0 Å². The van der Waals surface area contributed by atoms with Crippen LogP contribution in [0.3, 0.4) is 0 Å². The Bertz CT molecular complexity index is 339. The van der Waals surface area contributed by atoms with Crippen molar-refractivity contribution >= 4 is 11.3 Å². The zero-order valence-electron chi connectivity index (χ0n) is 12.5. The van der Waals surface area contributed by atoms with Crippen LogP contribution in [-0.2, 0) is 6.42 Å². The summed E-state index contributed by atoms with van der Waals surface area (Å²) in [5, 5.41) is 7.01. The van der Waals surface area contributed by atoms with Gasteiger partial charge in [0.05, 0.1) is 5.01 Å². The van der Waals surface area contributed by atoms with E-state index >= 15 is 0 Å². The largest absolute Gasteiger partial charge is 0.314 e. The van der Waals surface area contributed by atoms with Gasteiger partial charge in [0, 0.05) is 23.5 Å². The monoisotopic (exact) mass is 268 g/mol. The highest BCUT2D eigenvalue weighted by molar-refractivity contribution is 7.09. The van der Waals surface area contributed by atoms with Crippen molar-refractivity contribution in [1.29, 1.82) is 0 Å². The number of likely N-dealkylation sites (N-methyl/N-ethyl adjacent to an activating group) is 1. The number of nitrogens with one attached hydrogen (secondary N) is 1. The van der Waals surface area contributed by atoms with Gasteiger partial charge in [0.1, 0.15) is 0 Å². The lowest BCUT2D eigenvalue weighted by Gasteiger charge is -2.21. The molecular formula is C15H28N2S. The Morgan fingerprint density at radius 3 is 2.61 bits per heavy atom. The lowest BCUT2D eigenvalue weighted by atomic mass is 9.88. The van der Waals surface area contributed by atoms with Gasteiger partial charge in [-0.1, -0.05) is 34.1 Å². The van der Waals surface area contributed by atoms with Crippen molar-refractivity contribution in [3.63, 3.8) is 0 Å². The zero-order chi connectivity index (χ0) is 13.6. The van der Waals surface area contributed by atoms with Gasteiger partial charge in [0.25, 0.3) is 0 Å². The highest BCUT2D eigenvalue weighted by Crippen LogP contribution is 2.23. The molecule has 18 heavy (non-hydrogen) atoms. The number of nitrogens with zero attached hydrogens (tertiary/aromatic N) is 1. The SMILES string of the molecule is CCNC(CCCC(C)(C)C)Cc1nc(C)cs1. The second-order valence-electron chi connectivity index (χ2n) is 6.29. The molecule has 0 aromatic carbocycles. The summed E-state index contributed by atoms with van der Waals surface area (Å²) in [6, 6.07) is 0.586. The molecule has 0 aliphatic carbocycles. The normalized spacial score (nSPS) is 13.8. The molecule has 104 valence electrons. The molecule has 1 N–H and O–H groups in total. The fraction of sp³-hybridized carbons (Fsp3) is 0.800. The van der Waals surface area contributed by atoms with Crippen molar-refractivity contribution in [2.24, 2.45) is 5.41 Å². The second kappa shape index (κ2) is 7.25. The van der Waals surface area contributed by atoms with E-state index in [-0.39, 0.29) is 0 Å². The lowest BCUT2D eigenvalue weighted by molar-refractivity contribution is 0.342. The molecule has 0 spiro atoms. The summed E-state index contributed by atoms with van der Waals surface area (Å²) >= 11 is 1.79. The molecule has 2 nitrogen and oxygen atoms in total. The van der Waals surface area contributed by atoms with Gasteiger partial charge in [-0.15, -0.1) is 11.3 Å². The molecule has 0 fully saturated rings. The molecule has 1 aromatic rings. The molecule has 0 bridgehead atoms. The Hall–Kier alpha value is -0.410. The van der Waals surface area contributed by atoms with Crippen LogP contribution in [0.2, 0.25) is 0 Å². The number of thiazole rings is 1. The summed E-state index contributed by atoms with van der Waals surface area (Å²) < 4.78 is 0. The van der Waals surface area contributed by atoms with E-state index in [0.717, 1.165) is 18.7 Å². The van der Waals surface area contributed by atoms with Crippen molar-refractivity contribution < 1.29 is 0 Å². The first-order valence-corrected chi connectivity index (χ1v) is 7.93. The van der Waals surface area contributed by atoms with Crippen LogP contribution in [0.1, 0.15) is 57.7 Å². The molecule has 0 aliphatic rings. The Balaban J connectivity index is 2.40. The maximum Gasteiger partial charge on any atom is 0.0943 e. The predicted octanol–water partition coefficient (Wildman–Crippen LogP) is 4.19. The smallest absolute Gasteiger partial charge is 0.0943 e. The number of hydrogen-bond donors (Lipinski definition) is 1. The van der Waals surface area contributed by atoms with Crippen molar-refractivity contribution in [2.75, 3.05) is 6.54 Å². The van der Waals surface area contributed by atoms with Crippen LogP contribution in [0, 0.1) is 12.3 Å². The van der Waals surface area contributed by atoms with Gasteiger partial charge >= 0.3 is 0 Å². The average molecular weight is 268 g/mol. The topological polar surface area (TPSA) is 24.9 Å². The van der Waals surface area contributed by atoms with Crippen LogP contribution < -0.4 is 5.32 Å². The van der Waals surface area contributed by atoms with E-state index in [1.807, 2.05) is 0 Å². The number of aryl methyl sites for hydroxylation is 1. The minimum absolute atomic E-state index is 0.453. The molecule has 0 saturated heterocycles. The van der Waals surface area contributed by atoms with E-state index in [9.17, 15) is 0 Å². The molecular weight excluding hydrogens is 240 g/mol. The van der Waals surface area contributed by atoms with E-state index in [2.05, 4.69) is 50.3 Å². The maximum atomic E-state index is 4.57. The Labute approximate surface area is 116 Å². The van der Waals surface area contributed by atoms with Gasteiger partial charge in [0.2, 0.25) is 0 Å². The second-order valence-corrected chi connectivity index (χ2v) is 7.24. The van der Waals surface area contributed by atoms with Crippen LogP contribution in [0.15, 0.2) is 5.38 Å². The minimum Gasteiger partial charge on any atom is -0.314 e. The lowest BCUT2D eigenvalue weighted by Crippen LogP contribution is -2.31. The molecule has 0 radical (unpaired) electrons. The average Bonchev–Trinajstić information content (AvgIpc) is 2.62. The first-order chi connectivity index (χ1) is 8.40. The third-order valence-electron chi connectivity index (χ3n) is 3.06. The van der Waals surface area contributed by atoms with E-state index in [0.29, 0.717) is 11.5 Å². The fourth-order valence-electron chi connectivity index (χ4n) is 2.15. The summed E-state index contributed by atoms with van der Waals surface area (Å²) in [7, 11) is 0. The fourth-order valence-corrected chi connectivity index (χ4v) is 3.00. The summed E-state index contributed by atoms with van der Waals surface area (Å²) in [6.07, 6.45) is 4.93. The zero-order valence-corrected chi connectivity index (χ0v) is 13.4. The molecule has 3 heteroatoms. The minimum atomic E-state index is 0.453. The summed E-state index contributed by atoms with van der Waals surface area (Å²) in [5.74, 6) is 0. The Morgan fingerprint density at radius 1 is 1.39 bits per heavy atom. The van der Waals surface area contributed by atoms with Crippen molar-refractivity contribution in [1.82, 2.24) is 10.3 Å². The highest BCUT2D eigenvalue weighted by atomic mass is 32.1. The van der Waals surface area contributed by atoms with Gasteiger partial charge in [-0.2, -0.15) is 0 Å². The first-order valence-electron chi connectivity index (χ1n) is 7.05.